The number of amides is 2. The van der Waals surface area contributed by atoms with Crippen molar-refractivity contribution in [2.45, 2.75) is 44.4 Å². The Labute approximate surface area is 221 Å². The molecule has 1 aromatic heterocycles. The lowest BCUT2D eigenvalue weighted by Crippen LogP contribution is -2.44. The molecule has 0 bridgehead atoms. The number of esters is 1. The fraction of sp³-hybridized carbons (Fsp3) is 0.393. The molecule has 1 N–H and O–H groups in total. The van der Waals surface area contributed by atoms with Crippen LogP contribution in [0.15, 0.2) is 53.6 Å². The molecule has 9 heteroatoms. The fourth-order valence-electron chi connectivity index (χ4n) is 4.52. The highest BCUT2D eigenvalue weighted by atomic mass is 32.2. The van der Waals surface area contributed by atoms with E-state index in [0.717, 1.165) is 21.5 Å². The minimum atomic E-state index is -0.872. The Kier molecular flexibility index (Phi) is 8.56. The molecule has 0 spiro atoms. The van der Waals surface area contributed by atoms with Gasteiger partial charge in [0.15, 0.2) is 0 Å². The predicted molar refractivity (Wildman–Crippen MR) is 145 cm³/mol. The van der Waals surface area contributed by atoms with Gasteiger partial charge in [0.05, 0.1) is 29.1 Å². The van der Waals surface area contributed by atoms with Gasteiger partial charge in [0.2, 0.25) is 11.8 Å². The Morgan fingerprint density at radius 1 is 1.14 bits per heavy atom. The van der Waals surface area contributed by atoms with Crippen LogP contribution >= 0.6 is 11.8 Å². The lowest BCUT2D eigenvalue weighted by atomic mass is 10.0. The number of nitrogens with zero attached hydrogens (tertiary/aromatic N) is 2. The van der Waals surface area contributed by atoms with Crippen LogP contribution in [0.2, 0.25) is 0 Å². The molecule has 1 aliphatic rings. The highest BCUT2D eigenvalue weighted by Crippen LogP contribution is 2.43. The number of nitrogens with one attached hydrogen (secondary N) is 1. The van der Waals surface area contributed by atoms with Crippen LogP contribution in [0.1, 0.15) is 49.2 Å². The number of hydrogen-bond acceptors (Lipinski definition) is 6. The molecule has 1 unspecified atom stereocenters. The molecule has 196 valence electrons. The summed E-state index contributed by atoms with van der Waals surface area (Å²) in [5.41, 5.74) is 2.73. The SMILES string of the molecule is CCOC(=O)c1ccc(N2C(=O)CSc3c(c4ccccc4n3C)C2C(=O)NCCCOC(C)C)cc1. The maximum atomic E-state index is 13.8. The molecule has 1 aliphatic heterocycles. The summed E-state index contributed by atoms with van der Waals surface area (Å²) >= 11 is 1.44. The van der Waals surface area contributed by atoms with Gasteiger partial charge in [-0.3, -0.25) is 14.5 Å². The number of carbonyl (C=O) groups excluding carboxylic acids is 3. The summed E-state index contributed by atoms with van der Waals surface area (Å²) in [6.07, 6.45) is 0.786. The Balaban J connectivity index is 1.74. The van der Waals surface area contributed by atoms with Crippen molar-refractivity contribution in [1.82, 2.24) is 9.88 Å². The van der Waals surface area contributed by atoms with Gasteiger partial charge in [0.1, 0.15) is 6.04 Å². The molecule has 3 aromatic rings. The van der Waals surface area contributed by atoms with Crippen LogP contribution in [-0.4, -0.2) is 54.0 Å². The highest BCUT2D eigenvalue weighted by molar-refractivity contribution is 8.00. The second-order valence-corrected chi connectivity index (χ2v) is 10.0. The van der Waals surface area contributed by atoms with E-state index in [1.165, 1.54) is 11.8 Å². The molecular weight excluding hydrogens is 490 g/mol. The number of carbonyl (C=O) groups is 3. The van der Waals surface area contributed by atoms with E-state index >= 15 is 0 Å². The summed E-state index contributed by atoms with van der Waals surface area (Å²) in [4.78, 5) is 41.1. The third-order valence-electron chi connectivity index (χ3n) is 6.20. The predicted octanol–water partition coefficient (Wildman–Crippen LogP) is 4.47. The van der Waals surface area contributed by atoms with Gasteiger partial charge in [-0.2, -0.15) is 0 Å². The van der Waals surface area contributed by atoms with E-state index in [9.17, 15) is 14.4 Å². The summed E-state index contributed by atoms with van der Waals surface area (Å²) in [5.74, 6) is -0.686. The quantitative estimate of drug-likeness (QED) is 0.329. The fourth-order valence-corrected chi connectivity index (χ4v) is 5.59. The van der Waals surface area contributed by atoms with E-state index in [4.69, 9.17) is 9.47 Å². The normalized spacial score (nSPS) is 15.5. The van der Waals surface area contributed by atoms with Crippen LogP contribution in [0, 0.1) is 0 Å². The van der Waals surface area contributed by atoms with Gasteiger partial charge >= 0.3 is 5.97 Å². The Morgan fingerprint density at radius 3 is 2.57 bits per heavy atom. The van der Waals surface area contributed by atoms with Crippen LogP contribution in [-0.2, 0) is 26.1 Å². The number of aromatic nitrogens is 1. The van der Waals surface area contributed by atoms with E-state index in [0.29, 0.717) is 30.8 Å². The van der Waals surface area contributed by atoms with Crippen molar-refractivity contribution in [3.05, 3.63) is 59.7 Å². The number of aryl methyl sites for hydroxylation is 1. The lowest BCUT2D eigenvalue weighted by molar-refractivity contribution is -0.125. The standard InChI is InChI=1S/C28H33N3O5S/c1-5-35-28(34)19-11-13-20(14-12-19)31-23(32)17-37-27-24(21-9-6-7-10-22(21)30(27)4)25(31)26(33)29-15-8-16-36-18(2)3/h6-7,9-14,18,25H,5,8,15-17H2,1-4H3,(H,29,33). The summed E-state index contributed by atoms with van der Waals surface area (Å²) in [6.45, 7) is 6.94. The molecule has 37 heavy (non-hydrogen) atoms. The van der Waals surface area contributed by atoms with Crippen LogP contribution in [0.25, 0.3) is 10.9 Å². The summed E-state index contributed by atoms with van der Waals surface area (Å²) in [7, 11) is 1.96. The Bertz CT molecular complexity index is 1280. The van der Waals surface area contributed by atoms with Gasteiger partial charge in [-0.05, 0) is 57.5 Å². The first-order chi connectivity index (χ1) is 17.8. The maximum absolute atomic E-state index is 13.8. The van der Waals surface area contributed by atoms with Crippen LogP contribution < -0.4 is 10.2 Å². The largest absolute Gasteiger partial charge is 0.462 e. The minimum Gasteiger partial charge on any atom is -0.462 e. The van der Waals surface area contributed by atoms with Gasteiger partial charge in [0, 0.05) is 42.4 Å². The molecule has 0 fully saturated rings. The van der Waals surface area contributed by atoms with Crippen molar-refractivity contribution in [2.75, 3.05) is 30.4 Å². The van der Waals surface area contributed by atoms with E-state index in [-0.39, 0.29) is 30.3 Å². The first kappa shape index (κ1) is 26.8. The van der Waals surface area contributed by atoms with Crippen molar-refractivity contribution in [3.63, 3.8) is 0 Å². The second-order valence-electron chi connectivity index (χ2n) is 9.08. The molecule has 0 aliphatic carbocycles. The van der Waals surface area contributed by atoms with Gasteiger partial charge in [-0.15, -0.1) is 0 Å². The molecule has 0 radical (unpaired) electrons. The number of fused-ring (bicyclic) bond motifs is 3. The van der Waals surface area contributed by atoms with Gasteiger partial charge in [-0.1, -0.05) is 30.0 Å². The zero-order valence-electron chi connectivity index (χ0n) is 21.7. The third-order valence-corrected chi connectivity index (χ3v) is 7.36. The molecule has 0 saturated heterocycles. The molecule has 1 atom stereocenters. The number of benzene rings is 2. The molecule has 2 heterocycles. The zero-order chi connectivity index (χ0) is 26.5. The van der Waals surface area contributed by atoms with E-state index in [1.54, 1.807) is 36.1 Å². The van der Waals surface area contributed by atoms with Crippen molar-refractivity contribution in [3.8, 4) is 0 Å². The van der Waals surface area contributed by atoms with Crippen LogP contribution in [0.4, 0.5) is 5.69 Å². The van der Waals surface area contributed by atoms with Crippen molar-refractivity contribution < 1.29 is 23.9 Å². The Morgan fingerprint density at radius 2 is 1.86 bits per heavy atom. The first-order valence-corrected chi connectivity index (χ1v) is 13.5. The summed E-state index contributed by atoms with van der Waals surface area (Å²) in [6, 6.07) is 13.7. The van der Waals surface area contributed by atoms with E-state index in [2.05, 4.69) is 5.32 Å². The van der Waals surface area contributed by atoms with Crippen molar-refractivity contribution >= 4 is 46.1 Å². The number of anilines is 1. The molecular formula is C28H33N3O5S. The van der Waals surface area contributed by atoms with Gasteiger partial charge in [0.25, 0.3) is 0 Å². The van der Waals surface area contributed by atoms with E-state index in [1.807, 2.05) is 49.7 Å². The number of rotatable bonds is 9. The summed E-state index contributed by atoms with van der Waals surface area (Å²) in [5, 5.41) is 4.85. The number of ether oxygens (including phenoxy) is 2. The minimum absolute atomic E-state index is 0.124. The van der Waals surface area contributed by atoms with Gasteiger partial charge in [-0.25, -0.2) is 4.79 Å². The first-order valence-electron chi connectivity index (χ1n) is 12.5. The zero-order valence-corrected chi connectivity index (χ0v) is 22.5. The molecule has 2 aromatic carbocycles. The smallest absolute Gasteiger partial charge is 0.338 e. The highest BCUT2D eigenvalue weighted by Gasteiger charge is 2.39. The second kappa shape index (κ2) is 11.8. The molecule has 0 saturated carbocycles. The van der Waals surface area contributed by atoms with Crippen molar-refractivity contribution in [2.24, 2.45) is 7.05 Å². The number of para-hydroxylation sites is 1. The van der Waals surface area contributed by atoms with Crippen LogP contribution in [0.5, 0.6) is 0 Å². The third kappa shape index (κ3) is 5.67. The van der Waals surface area contributed by atoms with E-state index < -0.39 is 12.0 Å². The maximum Gasteiger partial charge on any atom is 0.338 e. The average molecular weight is 524 g/mol. The summed E-state index contributed by atoms with van der Waals surface area (Å²) < 4.78 is 12.7. The topological polar surface area (TPSA) is 89.9 Å². The molecule has 2 amide bonds. The lowest BCUT2D eigenvalue weighted by Gasteiger charge is -2.30. The Hall–Kier alpha value is -3.30. The van der Waals surface area contributed by atoms with Crippen LogP contribution in [0.3, 0.4) is 0 Å². The molecule has 4 rings (SSSR count). The van der Waals surface area contributed by atoms with Gasteiger partial charge < -0.3 is 19.4 Å². The van der Waals surface area contributed by atoms with Crippen molar-refractivity contribution in [1.29, 1.82) is 0 Å². The average Bonchev–Trinajstić information content (AvgIpc) is 3.06. The number of thioether (sulfide) groups is 1. The molecule has 8 nitrogen and oxygen atoms in total. The number of hydrogen-bond donors (Lipinski definition) is 1. The monoisotopic (exact) mass is 523 g/mol.